The molecule has 110 valence electrons. The molecule has 0 aliphatic rings. The summed E-state index contributed by atoms with van der Waals surface area (Å²) in [5.74, 6) is -0.410. The molecule has 21 heavy (non-hydrogen) atoms. The summed E-state index contributed by atoms with van der Waals surface area (Å²) in [4.78, 5) is 24.8. The molecule has 0 bridgehead atoms. The van der Waals surface area contributed by atoms with Gasteiger partial charge in [0.05, 0.1) is 11.1 Å². The SMILES string of the molecule is CCNCc1ccccc1NC(=O)c1cc([N+](=O)[O-])c[nH]1. The van der Waals surface area contributed by atoms with Gasteiger partial charge in [0.15, 0.2) is 0 Å². The highest BCUT2D eigenvalue weighted by Crippen LogP contribution is 2.17. The second-order valence-electron chi connectivity index (χ2n) is 4.42. The average Bonchev–Trinajstić information content (AvgIpc) is 2.96. The van der Waals surface area contributed by atoms with E-state index in [4.69, 9.17) is 0 Å². The summed E-state index contributed by atoms with van der Waals surface area (Å²) in [7, 11) is 0. The Hall–Kier alpha value is -2.67. The minimum absolute atomic E-state index is 0.138. The summed E-state index contributed by atoms with van der Waals surface area (Å²) in [6.45, 7) is 3.46. The Labute approximate surface area is 121 Å². The first kappa shape index (κ1) is 14.7. The third-order valence-corrected chi connectivity index (χ3v) is 2.95. The van der Waals surface area contributed by atoms with Crippen molar-refractivity contribution in [3.05, 3.63) is 57.9 Å². The van der Waals surface area contributed by atoms with Crippen LogP contribution < -0.4 is 10.6 Å². The summed E-state index contributed by atoms with van der Waals surface area (Å²) in [5.41, 5.74) is 1.65. The van der Waals surface area contributed by atoms with Gasteiger partial charge in [-0.2, -0.15) is 0 Å². The van der Waals surface area contributed by atoms with Crippen molar-refractivity contribution in [1.29, 1.82) is 0 Å². The van der Waals surface area contributed by atoms with E-state index in [0.29, 0.717) is 12.2 Å². The van der Waals surface area contributed by atoms with Crippen LogP contribution in [0.2, 0.25) is 0 Å². The lowest BCUT2D eigenvalue weighted by molar-refractivity contribution is -0.384. The molecule has 0 aliphatic carbocycles. The van der Waals surface area contributed by atoms with Gasteiger partial charge in [-0.05, 0) is 18.2 Å². The highest BCUT2D eigenvalue weighted by atomic mass is 16.6. The van der Waals surface area contributed by atoms with Crippen LogP contribution in [0.3, 0.4) is 0 Å². The quantitative estimate of drug-likeness (QED) is 0.560. The number of aromatic nitrogens is 1. The first-order valence-electron chi connectivity index (χ1n) is 6.54. The van der Waals surface area contributed by atoms with Crippen LogP contribution in [-0.4, -0.2) is 22.4 Å². The number of nitrogens with one attached hydrogen (secondary N) is 3. The van der Waals surface area contributed by atoms with Crippen LogP contribution in [0.5, 0.6) is 0 Å². The fourth-order valence-corrected chi connectivity index (χ4v) is 1.87. The van der Waals surface area contributed by atoms with Crippen LogP contribution >= 0.6 is 0 Å². The van der Waals surface area contributed by atoms with Gasteiger partial charge in [0.2, 0.25) is 0 Å². The van der Waals surface area contributed by atoms with Crippen molar-refractivity contribution in [2.24, 2.45) is 0 Å². The third-order valence-electron chi connectivity index (χ3n) is 2.95. The van der Waals surface area contributed by atoms with Crippen molar-refractivity contribution in [2.75, 3.05) is 11.9 Å². The summed E-state index contributed by atoms with van der Waals surface area (Å²) in [6, 6.07) is 8.63. The molecule has 2 aromatic rings. The normalized spacial score (nSPS) is 10.3. The van der Waals surface area contributed by atoms with E-state index < -0.39 is 10.8 Å². The largest absolute Gasteiger partial charge is 0.351 e. The molecule has 0 radical (unpaired) electrons. The molecule has 1 heterocycles. The number of hydrogen-bond donors (Lipinski definition) is 3. The van der Waals surface area contributed by atoms with Crippen molar-refractivity contribution in [3.8, 4) is 0 Å². The highest BCUT2D eigenvalue weighted by Gasteiger charge is 2.15. The Balaban J connectivity index is 2.13. The molecule has 0 unspecified atom stereocenters. The Bertz CT molecular complexity index is 651. The van der Waals surface area contributed by atoms with Gasteiger partial charge in [0, 0.05) is 18.3 Å². The van der Waals surface area contributed by atoms with Gasteiger partial charge >= 0.3 is 0 Å². The topological polar surface area (TPSA) is 100 Å². The van der Waals surface area contributed by atoms with E-state index in [9.17, 15) is 14.9 Å². The number of hydrogen-bond acceptors (Lipinski definition) is 4. The average molecular weight is 288 g/mol. The van der Waals surface area contributed by atoms with Crippen molar-refractivity contribution < 1.29 is 9.72 Å². The van der Waals surface area contributed by atoms with E-state index >= 15 is 0 Å². The van der Waals surface area contributed by atoms with Gasteiger partial charge in [0.1, 0.15) is 5.69 Å². The number of benzene rings is 1. The number of nitro groups is 1. The Morgan fingerprint density at radius 3 is 2.81 bits per heavy atom. The highest BCUT2D eigenvalue weighted by molar-refractivity contribution is 6.03. The van der Waals surface area contributed by atoms with E-state index in [1.807, 2.05) is 25.1 Å². The number of para-hydroxylation sites is 1. The third kappa shape index (κ3) is 3.67. The number of H-pyrrole nitrogens is 1. The van der Waals surface area contributed by atoms with Gasteiger partial charge in [-0.1, -0.05) is 25.1 Å². The molecule has 0 saturated heterocycles. The van der Waals surface area contributed by atoms with E-state index in [1.54, 1.807) is 6.07 Å². The lowest BCUT2D eigenvalue weighted by Crippen LogP contribution is -2.17. The molecule has 0 saturated carbocycles. The van der Waals surface area contributed by atoms with Gasteiger partial charge in [-0.15, -0.1) is 0 Å². The van der Waals surface area contributed by atoms with Gasteiger partial charge < -0.3 is 15.6 Å². The smallest absolute Gasteiger partial charge is 0.287 e. The van der Waals surface area contributed by atoms with Crippen molar-refractivity contribution >= 4 is 17.3 Å². The predicted molar refractivity (Wildman–Crippen MR) is 79.2 cm³/mol. The molecule has 0 spiro atoms. The second-order valence-corrected chi connectivity index (χ2v) is 4.42. The number of aromatic amines is 1. The van der Waals surface area contributed by atoms with Crippen LogP contribution in [0.4, 0.5) is 11.4 Å². The molecule has 0 aliphatic heterocycles. The van der Waals surface area contributed by atoms with Crippen molar-refractivity contribution in [2.45, 2.75) is 13.5 Å². The summed E-state index contributed by atoms with van der Waals surface area (Å²) in [6.07, 6.45) is 1.19. The van der Waals surface area contributed by atoms with Crippen molar-refractivity contribution in [3.63, 3.8) is 0 Å². The second kappa shape index (κ2) is 6.67. The predicted octanol–water partition coefficient (Wildman–Crippen LogP) is 2.28. The van der Waals surface area contributed by atoms with E-state index in [2.05, 4.69) is 15.6 Å². The van der Waals surface area contributed by atoms with Gasteiger partial charge in [-0.3, -0.25) is 14.9 Å². The zero-order valence-electron chi connectivity index (χ0n) is 11.6. The van der Waals surface area contributed by atoms with Crippen LogP contribution in [0.15, 0.2) is 36.5 Å². The lowest BCUT2D eigenvalue weighted by Gasteiger charge is -2.10. The Kier molecular flexibility index (Phi) is 4.68. The van der Waals surface area contributed by atoms with Crippen molar-refractivity contribution in [1.82, 2.24) is 10.3 Å². The van der Waals surface area contributed by atoms with Crippen LogP contribution in [0.25, 0.3) is 0 Å². The molecular weight excluding hydrogens is 272 g/mol. The molecule has 1 aromatic heterocycles. The molecule has 1 aromatic carbocycles. The number of carbonyl (C=O) groups is 1. The van der Waals surface area contributed by atoms with E-state index in [-0.39, 0.29) is 11.4 Å². The monoisotopic (exact) mass is 288 g/mol. The standard InChI is InChI=1S/C14H16N4O3/c1-2-15-8-10-5-3-4-6-12(10)17-14(19)13-7-11(9-16-13)18(20)21/h3-7,9,15-16H,2,8H2,1H3,(H,17,19). The molecule has 1 amide bonds. The first-order valence-corrected chi connectivity index (χ1v) is 6.54. The van der Waals surface area contributed by atoms with E-state index in [0.717, 1.165) is 12.1 Å². The number of carbonyl (C=O) groups excluding carboxylic acids is 1. The maximum absolute atomic E-state index is 12.1. The minimum Gasteiger partial charge on any atom is -0.351 e. The zero-order chi connectivity index (χ0) is 15.2. The molecule has 0 atom stereocenters. The number of rotatable bonds is 6. The van der Waals surface area contributed by atoms with E-state index in [1.165, 1.54) is 12.3 Å². The summed E-state index contributed by atoms with van der Waals surface area (Å²) >= 11 is 0. The molecule has 3 N–H and O–H groups in total. The van der Waals surface area contributed by atoms with Gasteiger partial charge in [0.25, 0.3) is 11.6 Å². The number of amides is 1. The fourth-order valence-electron chi connectivity index (χ4n) is 1.87. The first-order chi connectivity index (χ1) is 10.1. The maximum atomic E-state index is 12.1. The van der Waals surface area contributed by atoms with Crippen LogP contribution in [-0.2, 0) is 6.54 Å². The maximum Gasteiger partial charge on any atom is 0.287 e. The zero-order valence-corrected chi connectivity index (χ0v) is 11.6. The Morgan fingerprint density at radius 1 is 1.38 bits per heavy atom. The molecular formula is C14H16N4O3. The molecule has 0 fully saturated rings. The minimum atomic E-state index is -0.549. The molecule has 7 nitrogen and oxygen atoms in total. The van der Waals surface area contributed by atoms with Crippen LogP contribution in [0.1, 0.15) is 23.0 Å². The lowest BCUT2D eigenvalue weighted by atomic mass is 10.1. The summed E-state index contributed by atoms with van der Waals surface area (Å²) < 4.78 is 0. The molecule has 2 rings (SSSR count). The fraction of sp³-hybridized carbons (Fsp3) is 0.214. The van der Waals surface area contributed by atoms with Crippen LogP contribution in [0, 0.1) is 10.1 Å². The molecule has 7 heteroatoms. The Morgan fingerprint density at radius 2 is 2.14 bits per heavy atom. The number of nitrogens with zero attached hydrogens (tertiary/aromatic N) is 1. The van der Waals surface area contributed by atoms with Gasteiger partial charge in [-0.25, -0.2) is 0 Å². The summed E-state index contributed by atoms with van der Waals surface area (Å²) in [5, 5.41) is 16.6. The number of anilines is 1.